The number of ether oxygens (including phenoxy) is 1. The Morgan fingerprint density at radius 2 is 2.14 bits per heavy atom. The molecule has 0 amide bonds. The predicted octanol–water partition coefficient (Wildman–Crippen LogP) is 2.45. The van der Waals surface area contributed by atoms with Gasteiger partial charge >= 0.3 is 5.97 Å². The van der Waals surface area contributed by atoms with Gasteiger partial charge < -0.3 is 13.7 Å². The number of aryl methyl sites for hydroxylation is 1. The summed E-state index contributed by atoms with van der Waals surface area (Å²) >= 11 is 1.46. The SMILES string of the molecule is Cc1cc(C(=O)COC(=O)c2cnc3n(c2=O)CCS3)c(C)n1Cc1ccco1. The van der Waals surface area contributed by atoms with Crippen molar-refractivity contribution >= 4 is 23.5 Å². The minimum absolute atomic E-state index is 0.160. The summed E-state index contributed by atoms with van der Waals surface area (Å²) in [6.07, 6.45) is 2.82. The molecule has 9 heteroatoms. The minimum atomic E-state index is -0.840. The summed E-state index contributed by atoms with van der Waals surface area (Å²) in [7, 11) is 0. The van der Waals surface area contributed by atoms with Crippen LogP contribution < -0.4 is 5.56 Å². The van der Waals surface area contributed by atoms with Gasteiger partial charge in [0.15, 0.2) is 11.8 Å². The molecule has 4 rings (SSSR count). The number of carbonyl (C=O) groups excluding carboxylic acids is 2. The topological polar surface area (TPSA) is 96.3 Å². The average molecular weight is 413 g/mol. The highest BCUT2D eigenvalue weighted by molar-refractivity contribution is 7.99. The van der Waals surface area contributed by atoms with Gasteiger partial charge in [0.05, 0.1) is 19.0 Å². The molecule has 0 unspecified atom stereocenters. The smallest absolute Gasteiger partial charge is 0.345 e. The van der Waals surface area contributed by atoms with Crippen LogP contribution in [0.2, 0.25) is 0 Å². The number of Topliss-reactive ketones (excluding diaryl/α,β-unsaturated/α-hetero) is 1. The number of nitrogens with zero attached hydrogens (tertiary/aromatic N) is 3. The first-order valence-electron chi connectivity index (χ1n) is 9.07. The summed E-state index contributed by atoms with van der Waals surface area (Å²) in [5.74, 6) is 0.349. The molecule has 0 saturated heterocycles. The van der Waals surface area contributed by atoms with Crippen LogP contribution >= 0.6 is 11.8 Å². The molecule has 0 saturated carbocycles. The Morgan fingerprint density at radius 1 is 1.31 bits per heavy atom. The molecule has 0 fully saturated rings. The number of hydrogen-bond acceptors (Lipinski definition) is 7. The first-order valence-corrected chi connectivity index (χ1v) is 10.1. The lowest BCUT2D eigenvalue weighted by Gasteiger charge is -2.08. The Balaban J connectivity index is 1.46. The van der Waals surface area contributed by atoms with Crippen molar-refractivity contribution in [2.45, 2.75) is 32.1 Å². The van der Waals surface area contributed by atoms with E-state index in [0.717, 1.165) is 22.9 Å². The second-order valence-corrected chi connectivity index (χ2v) is 7.77. The monoisotopic (exact) mass is 413 g/mol. The van der Waals surface area contributed by atoms with Crippen LogP contribution in [0.25, 0.3) is 0 Å². The standard InChI is InChI=1S/C20H19N3O5S/c1-12-8-15(13(2)23(12)10-14-4-3-6-27-14)17(24)11-28-19(26)16-9-21-20-22(18(16)25)5-7-29-20/h3-4,6,8-9H,5,7,10-11H2,1-2H3. The van der Waals surface area contributed by atoms with Gasteiger partial charge in [0.25, 0.3) is 5.56 Å². The van der Waals surface area contributed by atoms with Gasteiger partial charge in [0.2, 0.25) is 5.78 Å². The zero-order valence-electron chi connectivity index (χ0n) is 16.0. The predicted molar refractivity (Wildman–Crippen MR) is 106 cm³/mol. The molecular weight excluding hydrogens is 394 g/mol. The Kier molecular flexibility index (Phi) is 5.14. The molecule has 8 nitrogen and oxygen atoms in total. The maximum absolute atomic E-state index is 12.6. The normalized spacial score (nSPS) is 12.8. The molecule has 0 radical (unpaired) electrons. The van der Waals surface area contributed by atoms with E-state index in [0.29, 0.717) is 23.8 Å². The number of esters is 1. The van der Waals surface area contributed by atoms with Crippen molar-refractivity contribution in [3.05, 3.63) is 69.3 Å². The Morgan fingerprint density at radius 3 is 2.90 bits per heavy atom. The fourth-order valence-corrected chi connectivity index (χ4v) is 4.24. The highest BCUT2D eigenvalue weighted by Gasteiger charge is 2.23. The number of aromatic nitrogens is 3. The largest absolute Gasteiger partial charge is 0.467 e. The van der Waals surface area contributed by atoms with Crippen molar-refractivity contribution in [3.8, 4) is 0 Å². The van der Waals surface area contributed by atoms with E-state index < -0.39 is 18.1 Å². The Hall–Kier alpha value is -3.07. The quantitative estimate of drug-likeness (QED) is 0.348. The first kappa shape index (κ1) is 19.3. The second kappa shape index (κ2) is 7.75. The molecule has 150 valence electrons. The molecule has 1 aliphatic heterocycles. The summed E-state index contributed by atoms with van der Waals surface area (Å²) in [6, 6.07) is 5.44. The zero-order chi connectivity index (χ0) is 20.5. The Bertz CT molecular complexity index is 1140. The van der Waals surface area contributed by atoms with Crippen molar-refractivity contribution in [3.63, 3.8) is 0 Å². The number of hydrogen-bond donors (Lipinski definition) is 0. The van der Waals surface area contributed by atoms with E-state index in [2.05, 4.69) is 4.98 Å². The molecule has 0 atom stereocenters. The fraction of sp³-hybridized carbons (Fsp3) is 0.300. The van der Waals surface area contributed by atoms with Gasteiger partial charge in [-0.3, -0.25) is 14.2 Å². The van der Waals surface area contributed by atoms with Crippen LogP contribution in [0.5, 0.6) is 0 Å². The van der Waals surface area contributed by atoms with Crippen LogP contribution in [0.15, 0.2) is 45.0 Å². The third-order valence-electron chi connectivity index (χ3n) is 4.88. The van der Waals surface area contributed by atoms with Gasteiger partial charge in [-0.25, -0.2) is 9.78 Å². The fourth-order valence-electron chi connectivity index (χ4n) is 3.33. The third kappa shape index (κ3) is 3.65. The first-order chi connectivity index (χ1) is 14.0. The van der Waals surface area contributed by atoms with E-state index in [1.165, 1.54) is 22.5 Å². The summed E-state index contributed by atoms with van der Waals surface area (Å²) in [4.78, 5) is 41.4. The van der Waals surface area contributed by atoms with Crippen LogP contribution in [-0.2, 0) is 17.8 Å². The van der Waals surface area contributed by atoms with Gasteiger partial charge in [-0.15, -0.1) is 0 Å². The van der Waals surface area contributed by atoms with Gasteiger partial charge in [-0.1, -0.05) is 11.8 Å². The molecule has 0 aromatic carbocycles. The van der Waals surface area contributed by atoms with Crippen LogP contribution in [0.1, 0.15) is 37.9 Å². The van der Waals surface area contributed by atoms with E-state index in [9.17, 15) is 14.4 Å². The lowest BCUT2D eigenvalue weighted by molar-refractivity contribution is 0.0471. The number of furan rings is 1. The van der Waals surface area contributed by atoms with Crippen molar-refractivity contribution in [2.75, 3.05) is 12.4 Å². The van der Waals surface area contributed by atoms with Crippen molar-refractivity contribution in [1.29, 1.82) is 0 Å². The van der Waals surface area contributed by atoms with Gasteiger partial charge in [0, 0.05) is 29.2 Å². The Labute approximate surface area is 170 Å². The molecule has 3 aromatic heterocycles. The van der Waals surface area contributed by atoms with Gasteiger partial charge in [0.1, 0.15) is 11.3 Å². The van der Waals surface area contributed by atoms with E-state index in [1.807, 2.05) is 30.5 Å². The lowest BCUT2D eigenvalue weighted by atomic mass is 10.1. The number of thioether (sulfide) groups is 1. The molecular formula is C20H19N3O5S. The number of carbonyl (C=O) groups is 2. The molecule has 1 aliphatic rings. The molecule has 4 heterocycles. The molecule has 29 heavy (non-hydrogen) atoms. The van der Waals surface area contributed by atoms with Crippen LogP contribution in [0.4, 0.5) is 0 Å². The second-order valence-electron chi connectivity index (χ2n) is 6.71. The third-order valence-corrected chi connectivity index (χ3v) is 5.85. The van der Waals surface area contributed by atoms with Crippen molar-refractivity contribution < 1.29 is 18.7 Å². The van der Waals surface area contributed by atoms with Crippen LogP contribution in [0.3, 0.4) is 0 Å². The molecule has 0 aliphatic carbocycles. The maximum atomic E-state index is 12.6. The van der Waals surface area contributed by atoms with Crippen molar-refractivity contribution in [1.82, 2.24) is 14.1 Å². The van der Waals surface area contributed by atoms with Crippen molar-refractivity contribution in [2.24, 2.45) is 0 Å². The summed E-state index contributed by atoms with van der Waals surface area (Å²) < 4.78 is 13.9. The highest BCUT2D eigenvalue weighted by atomic mass is 32.2. The lowest BCUT2D eigenvalue weighted by Crippen LogP contribution is -2.28. The minimum Gasteiger partial charge on any atom is -0.467 e. The molecule has 0 spiro atoms. The van der Waals surface area contributed by atoms with E-state index >= 15 is 0 Å². The van der Waals surface area contributed by atoms with Crippen LogP contribution in [-0.4, -0.2) is 38.2 Å². The summed E-state index contributed by atoms with van der Waals surface area (Å²) in [5, 5.41) is 0.589. The molecule has 3 aromatic rings. The van der Waals surface area contributed by atoms with E-state index in [1.54, 1.807) is 12.3 Å². The van der Waals surface area contributed by atoms with E-state index in [4.69, 9.17) is 9.15 Å². The number of ketones is 1. The van der Waals surface area contributed by atoms with Gasteiger partial charge in [-0.05, 0) is 32.0 Å². The number of rotatable bonds is 6. The van der Waals surface area contributed by atoms with Crippen LogP contribution in [0, 0.1) is 13.8 Å². The van der Waals surface area contributed by atoms with E-state index in [-0.39, 0.29) is 11.3 Å². The molecule has 0 bridgehead atoms. The zero-order valence-corrected chi connectivity index (χ0v) is 16.8. The molecule has 0 N–H and O–H groups in total. The van der Waals surface area contributed by atoms with Gasteiger partial charge in [-0.2, -0.15) is 0 Å². The highest BCUT2D eigenvalue weighted by Crippen LogP contribution is 2.21. The summed E-state index contributed by atoms with van der Waals surface area (Å²) in [5.41, 5.74) is 1.53. The maximum Gasteiger partial charge on any atom is 0.345 e. The number of fused-ring (bicyclic) bond motifs is 1. The average Bonchev–Trinajstić information content (AvgIpc) is 3.44. The summed E-state index contributed by atoms with van der Waals surface area (Å²) in [6.45, 7) is 4.30.